The van der Waals surface area contributed by atoms with Crippen LogP contribution in [-0.4, -0.2) is 22.5 Å². The summed E-state index contributed by atoms with van der Waals surface area (Å²) in [5.41, 5.74) is 2.50. The molecule has 0 radical (unpaired) electrons. The predicted molar refractivity (Wildman–Crippen MR) is 104 cm³/mol. The second kappa shape index (κ2) is 7.06. The summed E-state index contributed by atoms with van der Waals surface area (Å²) in [5.74, 6) is -0.339. The van der Waals surface area contributed by atoms with Crippen molar-refractivity contribution in [2.45, 2.75) is 6.92 Å². The van der Waals surface area contributed by atoms with Gasteiger partial charge in [0.15, 0.2) is 0 Å². The number of hydrogen-bond donors (Lipinski definition) is 0. The maximum absolute atomic E-state index is 12.5. The summed E-state index contributed by atoms with van der Waals surface area (Å²) in [6.45, 7) is 2.14. The summed E-state index contributed by atoms with van der Waals surface area (Å²) in [6.07, 6.45) is 3.44. The first-order valence-electron chi connectivity index (χ1n) is 8.34. The molecular weight excluding hydrogens is 344 g/mol. The Bertz CT molecular complexity index is 1070. The molecule has 0 amide bonds. The number of carbonyl (C=O) groups is 1. The van der Waals surface area contributed by atoms with Crippen LogP contribution in [0.5, 0.6) is 0 Å². The molecule has 2 heterocycles. The van der Waals surface area contributed by atoms with Crippen LogP contribution >= 0.6 is 11.3 Å². The maximum atomic E-state index is 12.5. The van der Waals surface area contributed by atoms with E-state index < -0.39 is 0 Å². The van der Waals surface area contributed by atoms with E-state index in [4.69, 9.17) is 9.72 Å². The third-order valence-corrected chi connectivity index (χ3v) is 5.12. The number of aromatic nitrogens is 2. The second-order valence-electron chi connectivity index (χ2n) is 5.72. The highest BCUT2D eigenvalue weighted by atomic mass is 32.1. The fourth-order valence-electron chi connectivity index (χ4n) is 2.81. The van der Waals surface area contributed by atoms with Crippen molar-refractivity contribution in [1.82, 2.24) is 9.97 Å². The van der Waals surface area contributed by atoms with E-state index in [0.717, 1.165) is 26.9 Å². The van der Waals surface area contributed by atoms with E-state index >= 15 is 0 Å². The van der Waals surface area contributed by atoms with Gasteiger partial charge in [0.05, 0.1) is 12.3 Å². The van der Waals surface area contributed by atoms with Crippen LogP contribution in [0, 0.1) is 0 Å². The monoisotopic (exact) mass is 360 g/mol. The lowest BCUT2D eigenvalue weighted by molar-refractivity contribution is 0.0532. The first kappa shape index (κ1) is 16.4. The minimum absolute atomic E-state index is 0.332. The number of ether oxygens (including phenoxy) is 1. The number of nitrogens with zero attached hydrogens (tertiary/aromatic N) is 2. The van der Waals surface area contributed by atoms with Gasteiger partial charge in [0.1, 0.15) is 9.88 Å². The number of pyridine rings is 1. The largest absolute Gasteiger partial charge is 0.462 e. The lowest BCUT2D eigenvalue weighted by Crippen LogP contribution is -2.03. The summed E-state index contributed by atoms with van der Waals surface area (Å²) in [6, 6.07) is 18.0. The Morgan fingerprint density at radius 2 is 1.77 bits per heavy atom. The minimum atomic E-state index is -0.339. The van der Waals surface area contributed by atoms with Crippen LogP contribution in [0.4, 0.5) is 0 Å². The molecule has 0 aliphatic carbocycles. The average molecular weight is 360 g/mol. The Labute approximate surface area is 155 Å². The molecule has 0 aliphatic rings. The highest BCUT2D eigenvalue weighted by Gasteiger charge is 2.21. The van der Waals surface area contributed by atoms with E-state index in [1.807, 2.05) is 36.4 Å². The van der Waals surface area contributed by atoms with E-state index in [0.29, 0.717) is 17.2 Å². The first-order chi connectivity index (χ1) is 12.8. The van der Waals surface area contributed by atoms with Gasteiger partial charge in [0, 0.05) is 23.5 Å². The van der Waals surface area contributed by atoms with Crippen LogP contribution in [-0.2, 0) is 4.74 Å². The van der Waals surface area contributed by atoms with Crippen molar-refractivity contribution >= 4 is 28.1 Å². The lowest BCUT2D eigenvalue weighted by atomic mass is 10.0. The molecule has 0 unspecified atom stereocenters. The summed E-state index contributed by atoms with van der Waals surface area (Å²) in [7, 11) is 0. The van der Waals surface area contributed by atoms with E-state index in [9.17, 15) is 4.79 Å². The molecule has 0 bridgehead atoms. The van der Waals surface area contributed by atoms with Crippen molar-refractivity contribution in [3.8, 4) is 21.8 Å². The molecule has 4 rings (SSSR count). The zero-order valence-corrected chi connectivity index (χ0v) is 15.0. The van der Waals surface area contributed by atoms with Crippen molar-refractivity contribution in [2.75, 3.05) is 6.61 Å². The van der Waals surface area contributed by atoms with Gasteiger partial charge in [-0.05, 0) is 35.9 Å². The van der Waals surface area contributed by atoms with E-state index in [-0.39, 0.29) is 5.97 Å². The van der Waals surface area contributed by atoms with Gasteiger partial charge in [0.25, 0.3) is 0 Å². The fourth-order valence-corrected chi connectivity index (χ4v) is 3.79. The second-order valence-corrected chi connectivity index (χ2v) is 6.71. The molecule has 0 fully saturated rings. The summed E-state index contributed by atoms with van der Waals surface area (Å²) in [4.78, 5) is 21.8. The number of benzene rings is 2. The zero-order valence-electron chi connectivity index (χ0n) is 14.2. The van der Waals surface area contributed by atoms with Crippen molar-refractivity contribution in [1.29, 1.82) is 0 Å². The van der Waals surface area contributed by atoms with Crippen LogP contribution < -0.4 is 0 Å². The van der Waals surface area contributed by atoms with Crippen LogP contribution in [0.25, 0.3) is 32.6 Å². The predicted octanol–water partition coefficient (Wildman–Crippen LogP) is 5.20. The van der Waals surface area contributed by atoms with E-state index in [2.05, 4.69) is 23.2 Å². The molecule has 2 aromatic heterocycles. The van der Waals surface area contributed by atoms with Gasteiger partial charge in [-0.25, -0.2) is 9.78 Å². The molecule has 128 valence electrons. The lowest BCUT2D eigenvalue weighted by Gasteiger charge is -2.04. The van der Waals surface area contributed by atoms with Crippen LogP contribution in [0.15, 0.2) is 67.0 Å². The highest BCUT2D eigenvalue weighted by molar-refractivity contribution is 7.17. The molecule has 0 aliphatic heterocycles. The van der Waals surface area contributed by atoms with Gasteiger partial charge in [-0.1, -0.05) is 36.4 Å². The Morgan fingerprint density at radius 1 is 1.00 bits per heavy atom. The number of thiazole rings is 1. The molecular formula is C21H16N2O2S. The van der Waals surface area contributed by atoms with Crippen molar-refractivity contribution in [2.24, 2.45) is 0 Å². The fraction of sp³-hybridized carbons (Fsp3) is 0.0952. The smallest absolute Gasteiger partial charge is 0.350 e. The molecule has 0 saturated carbocycles. The Kier molecular flexibility index (Phi) is 4.46. The van der Waals surface area contributed by atoms with Gasteiger partial charge >= 0.3 is 5.97 Å². The van der Waals surface area contributed by atoms with E-state index in [1.54, 1.807) is 19.3 Å². The van der Waals surface area contributed by atoms with Crippen molar-refractivity contribution in [3.05, 3.63) is 71.9 Å². The topological polar surface area (TPSA) is 52.1 Å². The Hall–Kier alpha value is -3.05. The molecule has 5 heteroatoms. The molecule has 0 saturated heterocycles. The number of esters is 1. The standard InChI is InChI=1S/C21H16N2O2S/c1-2-25-21(24)19-18(23-20(26-19)15-9-11-22-12-10-15)17-8-7-14-5-3-4-6-16(14)13-17/h3-13H,2H2,1H3. The van der Waals surface area contributed by atoms with Crippen LogP contribution in [0.3, 0.4) is 0 Å². The summed E-state index contributed by atoms with van der Waals surface area (Å²) >= 11 is 1.35. The van der Waals surface area contributed by atoms with E-state index in [1.165, 1.54) is 11.3 Å². The molecule has 4 aromatic rings. The Morgan fingerprint density at radius 3 is 2.54 bits per heavy atom. The van der Waals surface area contributed by atoms with Gasteiger partial charge in [0.2, 0.25) is 0 Å². The molecule has 0 N–H and O–H groups in total. The third-order valence-electron chi connectivity index (χ3n) is 4.04. The molecule has 4 nitrogen and oxygen atoms in total. The third kappa shape index (κ3) is 3.09. The molecule has 0 atom stereocenters. The normalized spacial score (nSPS) is 10.8. The molecule has 0 spiro atoms. The van der Waals surface area contributed by atoms with Crippen molar-refractivity contribution < 1.29 is 9.53 Å². The number of rotatable bonds is 4. The van der Waals surface area contributed by atoms with Crippen LogP contribution in [0.1, 0.15) is 16.6 Å². The van der Waals surface area contributed by atoms with Crippen LogP contribution in [0.2, 0.25) is 0 Å². The minimum Gasteiger partial charge on any atom is -0.462 e. The molecule has 26 heavy (non-hydrogen) atoms. The zero-order chi connectivity index (χ0) is 17.9. The summed E-state index contributed by atoms with van der Waals surface area (Å²) in [5, 5.41) is 3.04. The first-order valence-corrected chi connectivity index (χ1v) is 9.15. The maximum Gasteiger partial charge on any atom is 0.350 e. The quantitative estimate of drug-likeness (QED) is 0.469. The number of fused-ring (bicyclic) bond motifs is 1. The highest BCUT2D eigenvalue weighted by Crippen LogP contribution is 2.35. The summed E-state index contributed by atoms with van der Waals surface area (Å²) < 4.78 is 5.25. The van der Waals surface area contributed by atoms with Crippen molar-refractivity contribution in [3.63, 3.8) is 0 Å². The average Bonchev–Trinajstić information content (AvgIpc) is 3.14. The van der Waals surface area contributed by atoms with Gasteiger partial charge in [-0.3, -0.25) is 4.98 Å². The SMILES string of the molecule is CCOC(=O)c1sc(-c2ccncc2)nc1-c1ccc2ccccc2c1. The van der Waals surface area contributed by atoms with Gasteiger partial charge in [-0.2, -0.15) is 0 Å². The van der Waals surface area contributed by atoms with Gasteiger partial charge < -0.3 is 4.74 Å². The number of carbonyl (C=O) groups excluding carboxylic acids is 1. The van der Waals surface area contributed by atoms with Gasteiger partial charge in [-0.15, -0.1) is 11.3 Å². The Balaban J connectivity index is 1.87. The number of hydrogen-bond acceptors (Lipinski definition) is 5. The molecule has 2 aromatic carbocycles.